The van der Waals surface area contributed by atoms with Crippen molar-refractivity contribution in [3.05, 3.63) is 23.8 Å². The van der Waals surface area contributed by atoms with Gasteiger partial charge in [-0.05, 0) is 18.2 Å². The van der Waals surface area contributed by atoms with Gasteiger partial charge >= 0.3 is 0 Å². The second-order valence-corrected chi connectivity index (χ2v) is 4.03. The number of hydrogen-bond donors (Lipinski definition) is 3. The van der Waals surface area contributed by atoms with E-state index in [4.69, 9.17) is 4.74 Å². The van der Waals surface area contributed by atoms with Gasteiger partial charge in [0.1, 0.15) is 6.04 Å². The van der Waals surface area contributed by atoms with Crippen LogP contribution in [0.1, 0.15) is 16.8 Å². The summed E-state index contributed by atoms with van der Waals surface area (Å²) < 4.78 is 4.88. The highest BCUT2D eigenvalue weighted by Gasteiger charge is 2.31. The van der Waals surface area contributed by atoms with Crippen molar-refractivity contribution < 1.29 is 24.2 Å². The lowest BCUT2D eigenvalue weighted by Crippen LogP contribution is -2.40. The number of ether oxygens (including phenoxy) is 1. The molecule has 1 saturated heterocycles. The van der Waals surface area contributed by atoms with Crippen LogP contribution in [-0.2, 0) is 9.59 Å². The molecular formula is C12H12N2O5. The van der Waals surface area contributed by atoms with Crippen LogP contribution in [-0.4, -0.2) is 36.0 Å². The number of aromatic hydroxyl groups is 1. The minimum atomic E-state index is -0.861. The molecule has 7 nitrogen and oxygen atoms in total. The fourth-order valence-corrected chi connectivity index (χ4v) is 1.73. The maximum atomic E-state index is 11.9. The summed E-state index contributed by atoms with van der Waals surface area (Å²) in [6.45, 7) is 0. The Morgan fingerprint density at radius 2 is 2.21 bits per heavy atom. The Hall–Kier alpha value is -2.57. The second-order valence-electron chi connectivity index (χ2n) is 4.03. The van der Waals surface area contributed by atoms with Crippen molar-refractivity contribution in [3.8, 4) is 11.5 Å². The van der Waals surface area contributed by atoms with Crippen LogP contribution in [0.5, 0.6) is 11.5 Å². The quantitative estimate of drug-likeness (QED) is 0.641. The van der Waals surface area contributed by atoms with E-state index in [2.05, 4.69) is 10.6 Å². The highest BCUT2D eigenvalue weighted by molar-refractivity contribution is 6.08. The number of phenols is 1. The largest absolute Gasteiger partial charge is 0.504 e. The number of imide groups is 1. The fraction of sp³-hybridized carbons (Fsp3) is 0.250. The summed E-state index contributed by atoms with van der Waals surface area (Å²) >= 11 is 0. The molecule has 0 radical (unpaired) electrons. The van der Waals surface area contributed by atoms with Gasteiger partial charge in [0.05, 0.1) is 13.5 Å². The van der Waals surface area contributed by atoms with Gasteiger partial charge in [-0.15, -0.1) is 0 Å². The van der Waals surface area contributed by atoms with Gasteiger partial charge in [-0.3, -0.25) is 19.7 Å². The first-order chi connectivity index (χ1) is 9.01. The second kappa shape index (κ2) is 4.97. The lowest BCUT2D eigenvalue weighted by molar-refractivity contribution is -0.125. The molecule has 0 saturated carbocycles. The number of methoxy groups -OCH3 is 1. The normalized spacial score (nSPS) is 18.1. The topological polar surface area (TPSA) is 105 Å². The summed E-state index contributed by atoms with van der Waals surface area (Å²) in [5.74, 6) is -1.40. The molecule has 1 atom stereocenters. The number of phenolic OH excluding ortho intramolecular Hbond substituents is 1. The third-order valence-corrected chi connectivity index (χ3v) is 2.72. The van der Waals surface area contributed by atoms with Crippen LogP contribution in [0, 0.1) is 0 Å². The lowest BCUT2D eigenvalue weighted by Gasteiger charge is -2.10. The smallest absolute Gasteiger partial charge is 0.252 e. The average molecular weight is 264 g/mol. The molecule has 3 amide bonds. The molecule has 19 heavy (non-hydrogen) atoms. The molecule has 100 valence electrons. The van der Waals surface area contributed by atoms with E-state index in [1.165, 1.54) is 25.3 Å². The molecular weight excluding hydrogens is 252 g/mol. The molecule has 3 N–H and O–H groups in total. The molecule has 1 aliphatic rings. The fourth-order valence-electron chi connectivity index (χ4n) is 1.73. The monoisotopic (exact) mass is 264 g/mol. The standard InChI is InChI=1S/C12H12N2O5/c1-19-9-4-6(2-3-8(9)15)11(17)13-7-5-10(16)14-12(7)18/h2-4,7,15H,5H2,1H3,(H,13,17)(H,14,16,18). The number of rotatable bonds is 3. The Balaban J connectivity index is 2.12. The minimum Gasteiger partial charge on any atom is -0.504 e. The van der Waals surface area contributed by atoms with Crippen LogP contribution < -0.4 is 15.4 Å². The van der Waals surface area contributed by atoms with Crippen LogP contribution in [0.4, 0.5) is 0 Å². The first-order valence-corrected chi connectivity index (χ1v) is 5.53. The molecule has 1 heterocycles. The number of amides is 3. The highest BCUT2D eigenvalue weighted by Crippen LogP contribution is 2.26. The van der Waals surface area contributed by atoms with Crippen LogP contribution in [0.3, 0.4) is 0 Å². The number of hydrogen-bond acceptors (Lipinski definition) is 5. The first-order valence-electron chi connectivity index (χ1n) is 5.53. The first kappa shape index (κ1) is 12.9. The molecule has 1 fully saturated rings. The Morgan fingerprint density at radius 3 is 2.79 bits per heavy atom. The van der Waals surface area contributed by atoms with Gasteiger partial charge in [0, 0.05) is 5.56 Å². The number of nitrogens with one attached hydrogen (secondary N) is 2. The van der Waals surface area contributed by atoms with E-state index in [-0.39, 0.29) is 23.5 Å². The van der Waals surface area contributed by atoms with E-state index >= 15 is 0 Å². The van der Waals surface area contributed by atoms with Crippen molar-refractivity contribution in [2.24, 2.45) is 0 Å². The molecule has 1 aliphatic heterocycles. The van der Waals surface area contributed by atoms with E-state index in [1.54, 1.807) is 0 Å². The van der Waals surface area contributed by atoms with E-state index in [1.807, 2.05) is 0 Å². The van der Waals surface area contributed by atoms with E-state index in [0.717, 1.165) is 0 Å². The van der Waals surface area contributed by atoms with Gasteiger partial charge in [0.15, 0.2) is 11.5 Å². The highest BCUT2D eigenvalue weighted by atomic mass is 16.5. The van der Waals surface area contributed by atoms with Gasteiger partial charge in [-0.2, -0.15) is 0 Å². The summed E-state index contributed by atoms with van der Waals surface area (Å²) in [5, 5.41) is 13.9. The Kier molecular flexibility index (Phi) is 3.37. The molecule has 2 rings (SSSR count). The third-order valence-electron chi connectivity index (χ3n) is 2.72. The van der Waals surface area contributed by atoms with Gasteiger partial charge in [-0.1, -0.05) is 0 Å². The number of carbonyl (C=O) groups is 3. The number of benzene rings is 1. The molecule has 0 bridgehead atoms. The zero-order chi connectivity index (χ0) is 14.0. The van der Waals surface area contributed by atoms with Crippen molar-refractivity contribution >= 4 is 17.7 Å². The molecule has 0 aliphatic carbocycles. The average Bonchev–Trinajstić information content (AvgIpc) is 2.68. The summed E-state index contributed by atoms with van der Waals surface area (Å²) in [4.78, 5) is 34.2. The molecule has 1 aromatic rings. The van der Waals surface area contributed by atoms with E-state index in [9.17, 15) is 19.5 Å². The van der Waals surface area contributed by atoms with Crippen molar-refractivity contribution in [2.75, 3.05) is 7.11 Å². The summed E-state index contributed by atoms with van der Waals surface area (Å²) in [7, 11) is 1.36. The SMILES string of the molecule is COc1cc(C(=O)NC2CC(=O)NC2=O)ccc1O. The molecule has 0 spiro atoms. The summed E-state index contributed by atoms with van der Waals surface area (Å²) in [5.41, 5.74) is 0.224. The third kappa shape index (κ3) is 2.65. The van der Waals surface area contributed by atoms with Crippen molar-refractivity contribution in [2.45, 2.75) is 12.5 Å². The zero-order valence-corrected chi connectivity index (χ0v) is 10.1. The van der Waals surface area contributed by atoms with Crippen molar-refractivity contribution in [3.63, 3.8) is 0 Å². The maximum Gasteiger partial charge on any atom is 0.252 e. The minimum absolute atomic E-state index is 0.0697. The molecule has 1 unspecified atom stereocenters. The van der Waals surface area contributed by atoms with Crippen LogP contribution in [0.25, 0.3) is 0 Å². The van der Waals surface area contributed by atoms with Crippen LogP contribution in [0.15, 0.2) is 18.2 Å². The van der Waals surface area contributed by atoms with E-state index in [0.29, 0.717) is 0 Å². The van der Waals surface area contributed by atoms with E-state index < -0.39 is 23.8 Å². The van der Waals surface area contributed by atoms with Gasteiger partial charge in [0.2, 0.25) is 11.8 Å². The summed E-state index contributed by atoms with van der Waals surface area (Å²) in [6.07, 6.45) is -0.0697. The van der Waals surface area contributed by atoms with Crippen molar-refractivity contribution in [1.82, 2.24) is 10.6 Å². The Morgan fingerprint density at radius 1 is 1.47 bits per heavy atom. The summed E-state index contributed by atoms with van der Waals surface area (Å²) in [6, 6.07) is 3.19. The molecule has 7 heteroatoms. The predicted octanol–water partition coefficient (Wildman–Crippen LogP) is -0.454. The maximum absolute atomic E-state index is 11.9. The van der Waals surface area contributed by atoms with Crippen LogP contribution in [0.2, 0.25) is 0 Å². The van der Waals surface area contributed by atoms with Crippen LogP contribution >= 0.6 is 0 Å². The zero-order valence-electron chi connectivity index (χ0n) is 10.1. The van der Waals surface area contributed by atoms with Gasteiger partial charge < -0.3 is 15.2 Å². The molecule has 1 aromatic carbocycles. The van der Waals surface area contributed by atoms with Gasteiger partial charge in [0.25, 0.3) is 5.91 Å². The Bertz CT molecular complexity index is 555. The van der Waals surface area contributed by atoms with Gasteiger partial charge in [-0.25, -0.2) is 0 Å². The predicted molar refractivity (Wildman–Crippen MR) is 63.7 cm³/mol. The lowest BCUT2D eigenvalue weighted by atomic mass is 10.1. The van der Waals surface area contributed by atoms with Crippen molar-refractivity contribution in [1.29, 1.82) is 0 Å². The Labute approximate surface area is 108 Å². The molecule has 0 aromatic heterocycles. The number of carbonyl (C=O) groups excluding carboxylic acids is 3.